The van der Waals surface area contributed by atoms with Crippen LogP contribution in [0.15, 0.2) is 12.7 Å². The van der Waals surface area contributed by atoms with Gasteiger partial charge >= 0.3 is 0 Å². The molecule has 5 heteroatoms. The molecule has 0 aromatic heterocycles. The van der Waals surface area contributed by atoms with E-state index in [0.717, 1.165) is 6.08 Å². The molecule has 1 fully saturated rings. The minimum atomic E-state index is -1.13. The summed E-state index contributed by atoms with van der Waals surface area (Å²) < 4.78 is 4.63. The van der Waals surface area contributed by atoms with Gasteiger partial charge in [-0.2, -0.15) is 0 Å². The second-order valence-corrected chi connectivity index (χ2v) is 2.67. The van der Waals surface area contributed by atoms with Crippen molar-refractivity contribution >= 4 is 5.91 Å². The number of ether oxygens (including phenoxy) is 1. The molecule has 2 atom stereocenters. The molecular weight excluding hydrogens is 162 g/mol. The molecule has 1 heterocycles. The SMILES string of the molecule is C=CC(=O)NC1(CO)COC1O. The number of carbonyl (C=O) groups is 1. The fourth-order valence-corrected chi connectivity index (χ4v) is 0.917. The molecule has 0 aromatic carbocycles. The zero-order valence-corrected chi connectivity index (χ0v) is 6.49. The second kappa shape index (κ2) is 3.22. The molecule has 1 amide bonds. The van der Waals surface area contributed by atoms with Gasteiger partial charge in [-0.25, -0.2) is 0 Å². The number of hydrogen-bond acceptors (Lipinski definition) is 4. The fourth-order valence-electron chi connectivity index (χ4n) is 0.917. The van der Waals surface area contributed by atoms with Crippen molar-refractivity contribution < 1.29 is 19.7 Å². The number of rotatable bonds is 3. The molecule has 0 radical (unpaired) electrons. The maximum absolute atomic E-state index is 10.8. The summed E-state index contributed by atoms with van der Waals surface area (Å²) in [5.41, 5.74) is -1.04. The quantitative estimate of drug-likeness (QED) is 0.448. The number of hydrogen-bond donors (Lipinski definition) is 3. The summed E-state index contributed by atoms with van der Waals surface area (Å²) >= 11 is 0. The van der Waals surface area contributed by atoms with Crippen LogP contribution in [-0.2, 0) is 9.53 Å². The summed E-state index contributed by atoms with van der Waals surface area (Å²) in [6.45, 7) is 3.01. The van der Waals surface area contributed by atoms with Gasteiger partial charge in [-0.15, -0.1) is 0 Å². The highest BCUT2D eigenvalue weighted by Crippen LogP contribution is 2.22. The molecule has 1 rings (SSSR count). The highest BCUT2D eigenvalue weighted by Gasteiger charge is 2.48. The Morgan fingerprint density at radius 1 is 1.92 bits per heavy atom. The highest BCUT2D eigenvalue weighted by atomic mass is 16.6. The number of aliphatic hydroxyl groups excluding tert-OH is 2. The highest BCUT2D eigenvalue weighted by molar-refractivity contribution is 5.87. The van der Waals surface area contributed by atoms with Crippen LogP contribution in [0.3, 0.4) is 0 Å². The number of carbonyl (C=O) groups excluding carboxylic acids is 1. The van der Waals surface area contributed by atoms with E-state index in [1.807, 2.05) is 0 Å². The Bertz CT molecular complexity index is 202. The van der Waals surface area contributed by atoms with E-state index >= 15 is 0 Å². The van der Waals surface area contributed by atoms with Gasteiger partial charge in [0.05, 0.1) is 13.2 Å². The normalized spacial score (nSPS) is 33.7. The Balaban J connectivity index is 2.56. The van der Waals surface area contributed by atoms with E-state index < -0.39 is 17.7 Å². The largest absolute Gasteiger partial charge is 0.394 e. The lowest BCUT2D eigenvalue weighted by atomic mass is 9.96. The molecule has 0 aliphatic carbocycles. The molecule has 68 valence electrons. The molecular formula is C7H11NO4. The first-order valence-electron chi connectivity index (χ1n) is 3.50. The molecule has 0 bridgehead atoms. The molecule has 0 saturated carbocycles. The Morgan fingerprint density at radius 2 is 2.58 bits per heavy atom. The van der Waals surface area contributed by atoms with E-state index in [2.05, 4.69) is 16.6 Å². The minimum absolute atomic E-state index is 0.115. The molecule has 0 spiro atoms. The Morgan fingerprint density at radius 3 is 2.83 bits per heavy atom. The smallest absolute Gasteiger partial charge is 0.244 e. The number of aliphatic hydroxyl groups is 2. The summed E-state index contributed by atoms with van der Waals surface area (Å²) in [7, 11) is 0. The van der Waals surface area contributed by atoms with Crippen LogP contribution in [0.1, 0.15) is 0 Å². The second-order valence-electron chi connectivity index (χ2n) is 2.67. The van der Waals surface area contributed by atoms with Gasteiger partial charge in [0.25, 0.3) is 0 Å². The lowest BCUT2D eigenvalue weighted by molar-refractivity contribution is -0.263. The van der Waals surface area contributed by atoms with Crippen LogP contribution in [0.4, 0.5) is 0 Å². The van der Waals surface area contributed by atoms with Crippen LogP contribution in [0.5, 0.6) is 0 Å². The summed E-state index contributed by atoms with van der Waals surface area (Å²) in [6.07, 6.45) is -0.0611. The van der Waals surface area contributed by atoms with Gasteiger partial charge in [0.15, 0.2) is 6.29 Å². The average Bonchev–Trinajstić information content (AvgIpc) is 2.11. The summed E-state index contributed by atoms with van der Waals surface area (Å²) in [5.74, 6) is -0.439. The average molecular weight is 173 g/mol. The Kier molecular flexibility index (Phi) is 2.46. The van der Waals surface area contributed by atoms with Crippen molar-refractivity contribution in [1.29, 1.82) is 0 Å². The molecule has 1 saturated heterocycles. The van der Waals surface area contributed by atoms with E-state index in [1.165, 1.54) is 0 Å². The van der Waals surface area contributed by atoms with Crippen molar-refractivity contribution in [1.82, 2.24) is 5.32 Å². The molecule has 1 aliphatic rings. The van der Waals surface area contributed by atoms with E-state index in [0.29, 0.717) is 0 Å². The fraction of sp³-hybridized carbons (Fsp3) is 0.571. The third-order valence-corrected chi connectivity index (χ3v) is 1.81. The van der Waals surface area contributed by atoms with Gasteiger partial charge in [-0.05, 0) is 6.08 Å². The van der Waals surface area contributed by atoms with E-state index in [-0.39, 0.29) is 13.2 Å². The van der Waals surface area contributed by atoms with Crippen LogP contribution >= 0.6 is 0 Å². The van der Waals surface area contributed by atoms with Crippen molar-refractivity contribution in [2.45, 2.75) is 11.8 Å². The van der Waals surface area contributed by atoms with Crippen molar-refractivity contribution in [3.63, 3.8) is 0 Å². The van der Waals surface area contributed by atoms with Crippen molar-refractivity contribution in [3.05, 3.63) is 12.7 Å². The van der Waals surface area contributed by atoms with Crippen molar-refractivity contribution in [3.8, 4) is 0 Å². The van der Waals surface area contributed by atoms with Gasteiger partial charge in [-0.3, -0.25) is 4.79 Å². The minimum Gasteiger partial charge on any atom is -0.394 e. The molecule has 1 aliphatic heterocycles. The summed E-state index contributed by atoms with van der Waals surface area (Å²) in [5, 5.41) is 20.3. The predicted molar refractivity (Wildman–Crippen MR) is 40.1 cm³/mol. The van der Waals surface area contributed by atoms with Crippen LogP contribution in [0.2, 0.25) is 0 Å². The Hall–Kier alpha value is -0.910. The van der Waals surface area contributed by atoms with Crippen LogP contribution in [0, 0.1) is 0 Å². The van der Waals surface area contributed by atoms with Gasteiger partial charge in [0.1, 0.15) is 5.54 Å². The molecule has 0 aromatic rings. The van der Waals surface area contributed by atoms with Gasteiger partial charge < -0.3 is 20.3 Å². The number of nitrogens with one attached hydrogen (secondary N) is 1. The lowest BCUT2D eigenvalue weighted by Crippen LogP contribution is -2.70. The van der Waals surface area contributed by atoms with Crippen molar-refractivity contribution in [2.75, 3.05) is 13.2 Å². The topological polar surface area (TPSA) is 78.8 Å². The monoisotopic (exact) mass is 173 g/mol. The lowest BCUT2D eigenvalue weighted by Gasteiger charge is -2.44. The zero-order valence-electron chi connectivity index (χ0n) is 6.49. The van der Waals surface area contributed by atoms with Gasteiger partial charge in [-0.1, -0.05) is 6.58 Å². The third kappa shape index (κ3) is 1.34. The zero-order chi connectivity index (χ0) is 9.19. The summed E-state index contributed by atoms with van der Waals surface area (Å²) in [6, 6.07) is 0. The standard InChI is InChI=1S/C7H11NO4/c1-2-5(10)8-7(3-9)4-12-6(7)11/h2,6,9,11H,1,3-4H2,(H,8,10). The van der Waals surface area contributed by atoms with Crippen LogP contribution in [0.25, 0.3) is 0 Å². The maximum Gasteiger partial charge on any atom is 0.244 e. The van der Waals surface area contributed by atoms with Crippen LogP contribution < -0.4 is 5.32 Å². The number of amides is 1. The van der Waals surface area contributed by atoms with Gasteiger partial charge in [0, 0.05) is 0 Å². The van der Waals surface area contributed by atoms with Gasteiger partial charge in [0.2, 0.25) is 5.91 Å². The predicted octanol–water partition coefficient (Wildman–Crippen LogP) is -1.63. The Labute approximate surface area is 69.6 Å². The maximum atomic E-state index is 10.8. The first-order valence-corrected chi connectivity index (χ1v) is 3.50. The van der Waals surface area contributed by atoms with E-state index in [1.54, 1.807) is 0 Å². The first-order chi connectivity index (χ1) is 5.64. The molecule has 3 N–H and O–H groups in total. The van der Waals surface area contributed by atoms with Crippen molar-refractivity contribution in [2.24, 2.45) is 0 Å². The van der Waals surface area contributed by atoms with E-state index in [9.17, 15) is 4.79 Å². The summed E-state index contributed by atoms with van der Waals surface area (Å²) in [4.78, 5) is 10.8. The molecule has 12 heavy (non-hydrogen) atoms. The van der Waals surface area contributed by atoms with E-state index in [4.69, 9.17) is 10.2 Å². The van der Waals surface area contributed by atoms with Crippen LogP contribution in [-0.4, -0.2) is 41.2 Å². The molecule has 2 unspecified atom stereocenters. The third-order valence-electron chi connectivity index (χ3n) is 1.81. The first kappa shape index (κ1) is 9.18. The molecule has 5 nitrogen and oxygen atoms in total.